The first kappa shape index (κ1) is 18.9. The molecule has 2 saturated heterocycles. The molecule has 1 aromatic heterocycles. The summed E-state index contributed by atoms with van der Waals surface area (Å²) in [4.78, 5) is 16.5. The molecule has 124 valence electrons. The molecular weight excluding hydrogens is 325 g/mol. The van der Waals surface area contributed by atoms with Crippen molar-refractivity contribution in [2.45, 2.75) is 25.8 Å². The van der Waals surface area contributed by atoms with Crippen LogP contribution >= 0.6 is 24.8 Å². The Bertz CT molecular complexity index is 479. The van der Waals surface area contributed by atoms with Crippen LogP contribution in [0.5, 0.6) is 0 Å². The van der Waals surface area contributed by atoms with E-state index in [1.165, 1.54) is 12.8 Å². The lowest BCUT2D eigenvalue weighted by Gasteiger charge is -2.33. The number of aromatic nitrogens is 2. The quantitative estimate of drug-likeness (QED) is 0.874. The molecule has 0 bridgehead atoms. The minimum Gasteiger partial charge on any atom is -0.355 e. The average molecular weight is 348 g/mol. The van der Waals surface area contributed by atoms with Crippen LogP contribution in [0.4, 0.5) is 5.82 Å². The van der Waals surface area contributed by atoms with Crippen molar-refractivity contribution in [3.8, 4) is 0 Å². The van der Waals surface area contributed by atoms with Crippen molar-refractivity contribution < 1.29 is 4.79 Å². The van der Waals surface area contributed by atoms with Crippen LogP contribution in [0.3, 0.4) is 0 Å². The van der Waals surface area contributed by atoms with Crippen molar-refractivity contribution in [1.29, 1.82) is 0 Å². The first-order valence-corrected chi connectivity index (χ1v) is 7.36. The van der Waals surface area contributed by atoms with E-state index in [0.29, 0.717) is 5.69 Å². The van der Waals surface area contributed by atoms with Gasteiger partial charge in [0.05, 0.1) is 0 Å². The second kappa shape index (κ2) is 8.50. The molecule has 2 fully saturated rings. The number of nitrogens with zero attached hydrogens (tertiary/aromatic N) is 4. The summed E-state index contributed by atoms with van der Waals surface area (Å²) in [5.41, 5.74) is 0.446. The minimum absolute atomic E-state index is 0. The maximum Gasteiger partial charge on any atom is 0.274 e. The number of anilines is 1. The summed E-state index contributed by atoms with van der Waals surface area (Å²) in [6, 6.07) is 3.92. The molecule has 1 atom stereocenters. The number of amides is 1. The van der Waals surface area contributed by atoms with Gasteiger partial charge in [0.25, 0.3) is 5.91 Å². The van der Waals surface area contributed by atoms with E-state index in [1.54, 1.807) is 6.07 Å². The molecule has 1 aromatic rings. The van der Waals surface area contributed by atoms with E-state index in [4.69, 9.17) is 0 Å². The highest BCUT2D eigenvalue weighted by molar-refractivity contribution is 5.92. The van der Waals surface area contributed by atoms with Gasteiger partial charge < -0.3 is 15.1 Å². The third kappa shape index (κ3) is 4.00. The van der Waals surface area contributed by atoms with Gasteiger partial charge in [0, 0.05) is 38.8 Å². The third-order valence-corrected chi connectivity index (χ3v) is 4.06. The normalized spacial score (nSPS) is 21.0. The predicted molar refractivity (Wildman–Crippen MR) is 91.3 cm³/mol. The van der Waals surface area contributed by atoms with E-state index in [-0.39, 0.29) is 36.8 Å². The Balaban J connectivity index is 0.00000121. The van der Waals surface area contributed by atoms with Crippen LogP contribution in [0.25, 0.3) is 0 Å². The molecule has 3 heterocycles. The van der Waals surface area contributed by atoms with Crippen LogP contribution in [0.1, 0.15) is 30.3 Å². The second-order valence-electron chi connectivity index (χ2n) is 5.52. The molecule has 8 heteroatoms. The number of halogens is 2. The molecule has 3 rings (SSSR count). The van der Waals surface area contributed by atoms with E-state index >= 15 is 0 Å². The van der Waals surface area contributed by atoms with Crippen LogP contribution in [-0.4, -0.2) is 59.8 Å². The lowest BCUT2D eigenvalue weighted by Crippen LogP contribution is -2.52. The van der Waals surface area contributed by atoms with Crippen LogP contribution in [-0.2, 0) is 0 Å². The Morgan fingerprint density at radius 3 is 2.50 bits per heavy atom. The number of rotatable bonds is 2. The fraction of sp³-hybridized carbons (Fsp3) is 0.643. The van der Waals surface area contributed by atoms with Gasteiger partial charge in [0.15, 0.2) is 11.5 Å². The Labute approximate surface area is 143 Å². The van der Waals surface area contributed by atoms with E-state index in [2.05, 4.69) is 27.3 Å². The minimum atomic E-state index is -0.0144. The summed E-state index contributed by atoms with van der Waals surface area (Å²) in [6.45, 7) is 6.54. The fourth-order valence-electron chi connectivity index (χ4n) is 2.84. The van der Waals surface area contributed by atoms with Gasteiger partial charge in [-0.1, -0.05) is 0 Å². The smallest absolute Gasteiger partial charge is 0.274 e. The van der Waals surface area contributed by atoms with Crippen LogP contribution < -0.4 is 10.2 Å². The lowest BCUT2D eigenvalue weighted by molar-refractivity contribution is 0.0648. The molecule has 2 aliphatic rings. The summed E-state index contributed by atoms with van der Waals surface area (Å²) >= 11 is 0. The molecule has 0 aliphatic carbocycles. The SMILES string of the molecule is C[C@@H]1CNCCN1C(=O)c1ccc(N2CCCC2)nn1.Cl.Cl. The monoisotopic (exact) mass is 347 g/mol. The molecule has 1 N–H and O–H groups in total. The highest BCUT2D eigenvalue weighted by atomic mass is 35.5. The first-order chi connectivity index (χ1) is 9.75. The van der Waals surface area contributed by atoms with E-state index < -0.39 is 0 Å². The van der Waals surface area contributed by atoms with Crippen molar-refractivity contribution in [3.63, 3.8) is 0 Å². The maximum absolute atomic E-state index is 12.4. The van der Waals surface area contributed by atoms with Crippen LogP contribution in [0.15, 0.2) is 12.1 Å². The Morgan fingerprint density at radius 2 is 1.91 bits per heavy atom. The van der Waals surface area contributed by atoms with Crippen molar-refractivity contribution in [2.24, 2.45) is 0 Å². The number of piperazine rings is 1. The number of hydrogen-bond acceptors (Lipinski definition) is 5. The summed E-state index contributed by atoms with van der Waals surface area (Å²) in [6.07, 6.45) is 2.42. The average Bonchev–Trinajstić information content (AvgIpc) is 3.01. The Morgan fingerprint density at radius 1 is 1.18 bits per heavy atom. The molecule has 22 heavy (non-hydrogen) atoms. The number of carbonyl (C=O) groups is 1. The van der Waals surface area contributed by atoms with E-state index in [1.807, 2.05) is 11.0 Å². The van der Waals surface area contributed by atoms with Gasteiger partial charge in [0.2, 0.25) is 0 Å². The highest BCUT2D eigenvalue weighted by Gasteiger charge is 2.25. The summed E-state index contributed by atoms with van der Waals surface area (Å²) < 4.78 is 0. The largest absolute Gasteiger partial charge is 0.355 e. The third-order valence-electron chi connectivity index (χ3n) is 4.06. The molecular formula is C14H23Cl2N5O. The molecule has 0 saturated carbocycles. The molecule has 0 spiro atoms. The van der Waals surface area contributed by atoms with Crippen molar-refractivity contribution >= 4 is 36.5 Å². The maximum atomic E-state index is 12.4. The molecule has 0 radical (unpaired) electrons. The Kier molecular flexibility index (Phi) is 7.32. The van der Waals surface area contributed by atoms with E-state index in [9.17, 15) is 4.79 Å². The van der Waals surface area contributed by atoms with Crippen molar-refractivity contribution in [1.82, 2.24) is 20.4 Å². The molecule has 0 unspecified atom stereocenters. The number of hydrogen-bond donors (Lipinski definition) is 1. The summed E-state index contributed by atoms with van der Waals surface area (Å²) in [5, 5.41) is 11.6. The zero-order chi connectivity index (χ0) is 13.9. The summed E-state index contributed by atoms with van der Waals surface area (Å²) in [5.74, 6) is 0.867. The zero-order valence-corrected chi connectivity index (χ0v) is 14.3. The first-order valence-electron chi connectivity index (χ1n) is 7.36. The molecule has 1 amide bonds. The fourth-order valence-corrected chi connectivity index (χ4v) is 2.84. The van der Waals surface area contributed by atoms with Gasteiger partial charge in [-0.3, -0.25) is 4.79 Å². The van der Waals surface area contributed by atoms with Gasteiger partial charge in [-0.15, -0.1) is 35.0 Å². The molecule has 0 aromatic carbocycles. The van der Waals surface area contributed by atoms with Gasteiger partial charge in [-0.2, -0.15) is 0 Å². The van der Waals surface area contributed by atoms with E-state index in [0.717, 1.165) is 38.5 Å². The number of nitrogens with one attached hydrogen (secondary N) is 1. The second-order valence-corrected chi connectivity index (χ2v) is 5.52. The lowest BCUT2D eigenvalue weighted by atomic mass is 10.2. The highest BCUT2D eigenvalue weighted by Crippen LogP contribution is 2.17. The van der Waals surface area contributed by atoms with Crippen molar-refractivity contribution in [2.75, 3.05) is 37.6 Å². The summed E-state index contributed by atoms with van der Waals surface area (Å²) in [7, 11) is 0. The van der Waals surface area contributed by atoms with Gasteiger partial charge >= 0.3 is 0 Å². The Hall–Kier alpha value is -1.11. The van der Waals surface area contributed by atoms with Gasteiger partial charge in [-0.05, 0) is 31.9 Å². The molecule has 2 aliphatic heterocycles. The van der Waals surface area contributed by atoms with Crippen LogP contribution in [0, 0.1) is 0 Å². The topological polar surface area (TPSA) is 61.4 Å². The van der Waals surface area contributed by atoms with Crippen molar-refractivity contribution in [3.05, 3.63) is 17.8 Å². The molecule has 6 nitrogen and oxygen atoms in total. The zero-order valence-electron chi connectivity index (χ0n) is 12.7. The van der Waals surface area contributed by atoms with Gasteiger partial charge in [-0.25, -0.2) is 0 Å². The van der Waals surface area contributed by atoms with Gasteiger partial charge in [0.1, 0.15) is 0 Å². The van der Waals surface area contributed by atoms with Crippen LogP contribution in [0.2, 0.25) is 0 Å². The predicted octanol–water partition coefficient (Wildman–Crippen LogP) is 1.35. The number of carbonyl (C=O) groups excluding carboxylic acids is 1. The standard InChI is InChI=1S/C14H21N5O.2ClH/c1-11-10-15-6-9-19(11)14(20)12-4-5-13(17-16-12)18-7-2-3-8-18;;/h4-5,11,15H,2-3,6-10H2,1H3;2*1H/t11-;;/m1../s1.